The quantitative estimate of drug-likeness (QED) is 0.202. The Bertz CT molecular complexity index is 164. The number of hydrogen-bond acceptors (Lipinski definition) is 12. The Morgan fingerprint density at radius 1 is 0.444 bits per heavy atom. The van der Waals surface area contributed by atoms with Crippen molar-refractivity contribution >= 4 is 0 Å². The molecule has 0 aliphatic carbocycles. The molecule has 0 fully saturated rings. The maximum absolute atomic E-state index is 8.25. The molecule has 0 atom stereocenters. The third kappa shape index (κ3) is 67400. The van der Waals surface area contributed by atoms with Gasteiger partial charge in [0, 0.05) is 40.4 Å². The van der Waals surface area contributed by atoms with Crippen LogP contribution in [0.5, 0.6) is 0 Å². The smallest absolute Gasteiger partial charge is 0.356 e. The summed E-state index contributed by atoms with van der Waals surface area (Å²) in [6.07, 6.45) is 0. The summed E-state index contributed by atoms with van der Waals surface area (Å²) in [4.78, 5) is 33.0. The summed E-state index contributed by atoms with van der Waals surface area (Å²) in [6, 6.07) is 0. The van der Waals surface area contributed by atoms with Crippen LogP contribution in [0.25, 0.3) is 0 Å². The van der Waals surface area contributed by atoms with E-state index in [9.17, 15) is 0 Å². The molecule has 0 aromatic rings. The second-order valence-corrected chi connectivity index (χ2v) is 0.894. The zero-order valence-corrected chi connectivity index (χ0v) is 14.1. The Labute approximate surface area is 171 Å². The summed E-state index contributed by atoms with van der Waals surface area (Å²) < 4.78 is 0. The van der Waals surface area contributed by atoms with Crippen molar-refractivity contribution in [2.75, 3.05) is 0 Å². The molecule has 0 unspecified atom stereocenters. The molecule has 1 radical (unpaired) electrons. The summed E-state index contributed by atoms with van der Waals surface area (Å²) in [5.74, 6) is 0. The van der Waals surface area contributed by atoms with Crippen LogP contribution < -0.4 is 51.4 Å². The third-order valence-electron chi connectivity index (χ3n) is 0. The maximum atomic E-state index is 8.25. The fourth-order valence-corrected chi connectivity index (χ4v) is 0. The average molecular weight is 432 g/mol. The van der Waals surface area contributed by atoms with Crippen LogP contribution in [-0.4, -0.2) is 20.3 Å². The van der Waals surface area contributed by atoms with Crippen molar-refractivity contribution in [3.05, 3.63) is 61.3 Å². The van der Waals surface area contributed by atoms with E-state index in [4.69, 9.17) is 61.3 Å². The van der Waals surface area contributed by atoms with Gasteiger partial charge in [0.15, 0.2) is 0 Å². The second kappa shape index (κ2) is 30.1. The Morgan fingerprint density at radius 2 is 0.444 bits per heavy atom. The Balaban J connectivity index is -0.0000000257. The molecule has 18 heteroatoms. The number of rotatable bonds is 0. The van der Waals surface area contributed by atoms with E-state index >= 15 is 0 Å². The largest absolute Gasteiger partial charge is 1.00 e. The Kier molecular flexibility index (Phi) is 60.3. The molecule has 101 valence electrons. The number of hydrogen-bond donors (Lipinski definition) is 0. The van der Waals surface area contributed by atoms with Gasteiger partial charge >= 0.3 is 51.4 Å². The van der Waals surface area contributed by atoms with Gasteiger partial charge in [-0.1, -0.05) is 0 Å². The van der Waals surface area contributed by atoms with Gasteiger partial charge in [-0.05, 0) is 0 Å². The molecule has 0 saturated carbocycles. The molecule has 0 aromatic carbocycles. The van der Waals surface area contributed by atoms with Gasteiger partial charge in [0.2, 0.25) is 0 Å². The number of nitrogens with zero attached hydrogens (tertiary/aromatic N) is 4. The van der Waals surface area contributed by atoms with E-state index in [0.29, 0.717) is 0 Å². The van der Waals surface area contributed by atoms with Gasteiger partial charge in [0.05, 0.1) is 20.3 Å². The molecule has 0 aromatic heterocycles. The first-order valence-corrected chi connectivity index (χ1v) is 2.19. The second-order valence-electron chi connectivity index (χ2n) is 0.894. The Morgan fingerprint density at radius 3 is 0.444 bits per heavy atom. The van der Waals surface area contributed by atoms with Gasteiger partial charge in [-0.15, -0.1) is 0 Å². The van der Waals surface area contributed by atoms with Gasteiger partial charge in [0.25, 0.3) is 0 Å². The zero-order chi connectivity index (χ0) is 14.3. The minimum absolute atomic E-state index is 0. The van der Waals surface area contributed by atoms with Crippen molar-refractivity contribution in [1.82, 2.24) is 0 Å². The van der Waals surface area contributed by atoms with Crippen LogP contribution in [0.3, 0.4) is 0 Å². The van der Waals surface area contributed by atoms with Crippen LogP contribution in [0, 0.1) is 102 Å². The van der Waals surface area contributed by atoms with Crippen molar-refractivity contribution in [3.63, 3.8) is 0 Å². The summed E-state index contributed by atoms with van der Waals surface area (Å²) in [5.41, 5.74) is 0. The predicted molar refractivity (Wildman–Crippen MR) is 41.4 cm³/mol. The van der Waals surface area contributed by atoms with Gasteiger partial charge in [-0.3, -0.25) is 0 Å². The predicted octanol–water partition coefficient (Wildman–Crippen LogP) is -3.95. The molecule has 0 rings (SSSR count). The van der Waals surface area contributed by atoms with Gasteiger partial charge in [0.1, 0.15) is 0 Å². The maximum Gasteiger partial charge on any atom is 1.00 e. The van der Waals surface area contributed by atoms with Crippen LogP contribution in [0.15, 0.2) is 0 Å². The van der Waals surface area contributed by atoms with E-state index in [2.05, 4.69) is 0 Å². The molecule has 0 bridgehead atoms. The minimum atomic E-state index is -1.75. The van der Waals surface area contributed by atoms with E-state index in [1.165, 1.54) is 0 Å². The van der Waals surface area contributed by atoms with Crippen molar-refractivity contribution in [1.29, 1.82) is 0 Å². The first-order chi connectivity index (χ1) is 6.93. The molecule has 16 nitrogen and oxygen atoms in total. The molecule has 0 saturated heterocycles. The molecule has 0 amide bonds. The summed E-state index contributed by atoms with van der Waals surface area (Å²) in [6.45, 7) is 0. The van der Waals surface area contributed by atoms with Gasteiger partial charge in [-0.25, -0.2) is 0 Å². The van der Waals surface area contributed by atoms with Crippen molar-refractivity contribution in [2.45, 2.75) is 0 Å². The third-order valence-corrected chi connectivity index (χ3v) is 0. The van der Waals surface area contributed by atoms with Crippen molar-refractivity contribution in [3.8, 4) is 0 Å². The zero-order valence-electron chi connectivity index (χ0n) is 8.14. The SMILES string of the molecule is O=[N+]([O-])[O-].O=[N+]([O-])[O-].O=[N+]([O-])[O-].O=[N+]([O-])[O-].[K+].[Pm]. The van der Waals surface area contributed by atoms with Crippen LogP contribution in [0.4, 0.5) is 0 Å². The summed E-state index contributed by atoms with van der Waals surface area (Å²) in [7, 11) is 0. The molecule has 0 aliphatic heterocycles. The van der Waals surface area contributed by atoms with E-state index in [0.717, 1.165) is 0 Å². The molecule has 0 spiro atoms. The summed E-state index contributed by atoms with van der Waals surface area (Å²) in [5, 5.41) is 59.0. The fourth-order valence-electron chi connectivity index (χ4n) is 0. The molecule has 18 heavy (non-hydrogen) atoms. The topological polar surface area (TPSA) is 265 Å². The molecule has 0 heterocycles. The van der Waals surface area contributed by atoms with E-state index in [1.54, 1.807) is 0 Å². The molecule has 0 aliphatic rings. The minimum Gasteiger partial charge on any atom is -0.356 e. The normalized spacial score (nSPS) is 5.33. The monoisotopic (exact) mass is 432 g/mol. The average Bonchev–Trinajstić information content (AvgIpc) is 1.76. The summed E-state index contributed by atoms with van der Waals surface area (Å²) >= 11 is 0. The molecular weight excluding hydrogens is 432 g/mol. The molecule has 0 N–H and O–H groups in total. The van der Waals surface area contributed by atoms with Crippen molar-refractivity contribution in [2.24, 2.45) is 0 Å². The first kappa shape index (κ1) is 36.1. The first-order valence-electron chi connectivity index (χ1n) is 2.19. The van der Waals surface area contributed by atoms with Crippen LogP contribution in [-0.2, 0) is 0 Å². The van der Waals surface area contributed by atoms with Crippen LogP contribution >= 0.6 is 0 Å². The fraction of sp³-hybridized carbons (Fsp3) is 0. The standard InChI is InChI=1S/K.4NO3.Pm/c;4*2-1(3)4;/q+1;4*-1;. The van der Waals surface area contributed by atoms with Crippen LogP contribution in [0.1, 0.15) is 0 Å². The Hall–Kier alpha value is -0.226. The van der Waals surface area contributed by atoms with Crippen molar-refractivity contribution < 1.29 is 112 Å². The van der Waals surface area contributed by atoms with Crippen LogP contribution in [0.2, 0.25) is 0 Å². The van der Waals surface area contributed by atoms with E-state index in [-0.39, 0.29) is 91.8 Å². The van der Waals surface area contributed by atoms with Gasteiger partial charge < -0.3 is 61.3 Å². The van der Waals surface area contributed by atoms with E-state index < -0.39 is 20.3 Å². The molecular formula is KN4O12Pm-3. The van der Waals surface area contributed by atoms with E-state index in [1.807, 2.05) is 0 Å². The van der Waals surface area contributed by atoms with Gasteiger partial charge in [-0.2, -0.15) is 0 Å².